The van der Waals surface area contributed by atoms with Gasteiger partial charge < -0.3 is 5.32 Å². The van der Waals surface area contributed by atoms with Crippen LogP contribution in [0, 0.1) is 5.92 Å². The summed E-state index contributed by atoms with van der Waals surface area (Å²) in [7, 11) is -7.48. The van der Waals surface area contributed by atoms with Crippen LogP contribution in [0.4, 0.5) is 0 Å². The van der Waals surface area contributed by atoms with Crippen LogP contribution >= 0.6 is 11.8 Å². The summed E-state index contributed by atoms with van der Waals surface area (Å²) in [6.45, 7) is -0.110. The summed E-state index contributed by atoms with van der Waals surface area (Å²) in [6.07, 6.45) is 6.54. The molecular formula is C25H29N5O6S3. The highest BCUT2D eigenvalue weighted by atomic mass is 32.2. The minimum atomic E-state index is -4.04. The Hall–Kier alpha value is -2.81. The van der Waals surface area contributed by atoms with E-state index >= 15 is 0 Å². The van der Waals surface area contributed by atoms with Crippen LogP contribution in [-0.2, 0) is 25.7 Å². The van der Waals surface area contributed by atoms with E-state index in [0.29, 0.717) is 18.7 Å². The molecule has 3 aromatic rings. The van der Waals surface area contributed by atoms with Crippen LogP contribution in [0.1, 0.15) is 36.2 Å². The number of aromatic nitrogens is 3. The third kappa shape index (κ3) is 5.88. The number of hydrogen-bond donors (Lipinski definition) is 1. The second kappa shape index (κ2) is 11.0. The molecule has 3 heterocycles. The Labute approximate surface area is 231 Å². The van der Waals surface area contributed by atoms with Gasteiger partial charge in [-0.05, 0) is 37.0 Å². The summed E-state index contributed by atoms with van der Waals surface area (Å²) in [4.78, 5) is 35.2. The van der Waals surface area contributed by atoms with Crippen molar-refractivity contribution in [3.63, 3.8) is 0 Å². The molecule has 1 aliphatic carbocycles. The monoisotopic (exact) mass is 591 g/mol. The van der Waals surface area contributed by atoms with Crippen molar-refractivity contribution in [2.75, 3.05) is 18.7 Å². The largest absolute Gasteiger partial charge is 0.341 e. The van der Waals surface area contributed by atoms with Gasteiger partial charge in [-0.15, -0.1) is 11.8 Å². The van der Waals surface area contributed by atoms with Gasteiger partial charge in [0.15, 0.2) is 9.84 Å². The Bertz CT molecular complexity index is 1660. The molecule has 1 N–H and O–H groups in total. The number of amides is 1. The van der Waals surface area contributed by atoms with Gasteiger partial charge in [0.1, 0.15) is 11.6 Å². The maximum Gasteiger partial charge on any atom is 0.270 e. The number of fused-ring (bicyclic) bond motifs is 2. The van der Waals surface area contributed by atoms with Crippen molar-refractivity contribution < 1.29 is 21.6 Å². The quantitative estimate of drug-likeness (QED) is 0.306. The van der Waals surface area contributed by atoms with E-state index < -0.39 is 48.5 Å². The average Bonchev–Trinajstić information content (AvgIpc) is 3.32. The predicted octanol–water partition coefficient (Wildman–Crippen LogP) is 1.85. The molecule has 1 amide bonds. The number of carbonyl (C=O) groups is 1. The molecule has 11 nitrogen and oxygen atoms in total. The van der Waals surface area contributed by atoms with Gasteiger partial charge >= 0.3 is 0 Å². The minimum absolute atomic E-state index is 0.0104. The molecule has 0 radical (unpaired) electrons. The highest BCUT2D eigenvalue weighted by Gasteiger charge is 2.51. The molecule has 39 heavy (non-hydrogen) atoms. The minimum Gasteiger partial charge on any atom is -0.341 e. The predicted molar refractivity (Wildman–Crippen MR) is 148 cm³/mol. The van der Waals surface area contributed by atoms with Gasteiger partial charge in [-0.2, -0.15) is 4.31 Å². The highest BCUT2D eigenvalue weighted by molar-refractivity contribution is 7.99. The molecule has 2 aromatic heterocycles. The van der Waals surface area contributed by atoms with Crippen molar-refractivity contribution in [2.45, 2.75) is 47.7 Å². The van der Waals surface area contributed by atoms with E-state index in [1.807, 2.05) is 30.3 Å². The molecule has 1 aromatic carbocycles. The van der Waals surface area contributed by atoms with E-state index in [0.717, 1.165) is 34.9 Å². The van der Waals surface area contributed by atoms with Crippen molar-refractivity contribution >= 4 is 48.4 Å². The Morgan fingerprint density at radius 3 is 2.59 bits per heavy atom. The van der Waals surface area contributed by atoms with Crippen LogP contribution in [0.5, 0.6) is 0 Å². The van der Waals surface area contributed by atoms with Crippen LogP contribution < -0.4 is 10.9 Å². The second-order valence-electron chi connectivity index (χ2n) is 9.91. The fraction of sp³-hybridized carbons (Fsp3) is 0.440. The Morgan fingerprint density at radius 2 is 1.85 bits per heavy atom. The van der Waals surface area contributed by atoms with Gasteiger partial charge in [0.2, 0.25) is 10.0 Å². The molecule has 3 unspecified atom stereocenters. The van der Waals surface area contributed by atoms with E-state index in [1.165, 1.54) is 28.3 Å². The van der Waals surface area contributed by atoms with E-state index in [-0.39, 0.29) is 29.1 Å². The SMILES string of the molecule is CS(=O)(=O)C1CN(S(=O)(=O)Cn2cnc3cnc(C(=O)NCSc4ccccc4)cc3c2=O)C2CCCCC21. The topological polar surface area (TPSA) is 148 Å². The number of sulfone groups is 1. The van der Waals surface area contributed by atoms with Gasteiger partial charge in [-0.25, -0.2) is 26.8 Å². The van der Waals surface area contributed by atoms with Gasteiger partial charge in [0, 0.05) is 23.7 Å². The molecule has 1 aliphatic heterocycles. The van der Waals surface area contributed by atoms with Crippen LogP contribution in [0.25, 0.3) is 10.9 Å². The zero-order valence-electron chi connectivity index (χ0n) is 21.3. The normalized spacial score (nSPS) is 22.0. The maximum absolute atomic E-state index is 13.5. The number of thioether (sulfide) groups is 1. The van der Waals surface area contributed by atoms with Gasteiger partial charge in [0.05, 0.1) is 34.6 Å². The molecule has 3 atom stereocenters. The number of pyridine rings is 1. The van der Waals surface area contributed by atoms with E-state index in [1.54, 1.807) is 0 Å². The fourth-order valence-electron chi connectivity index (χ4n) is 5.47. The molecule has 14 heteroatoms. The smallest absolute Gasteiger partial charge is 0.270 e. The summed E-state index contributed by atoms with van der Waals surface area (Å²) in [6, 6.07) is 10.4. The molecule has 0 spiro atoms. The molecule has 1 saturated heterocycles. The van der Waals surface area contributed by atoms with Crippen molar-refractivity contribution in [1.29, 1.82) is 0 Å². The molecular weight excluding hydrogens is 563 g/mol. The Morgan fingerprint density at radius 1 is 1.10 bits per heavy atom. The standard InChI is InChI=1S/C25H29N5O6S3/c1-38(33,34)23-13-30(22-10-6-5-9-18(22)23)39(35,36)16-29-14-27-21-12-26-20(11-19(21)25(29)32)24(31)28-15-37-17-7-3-2-4-8-17/h2-4,7-8,11-12,14,18,22-23H,5-6,9-10,13,15-16H2,1H3,(H,28,31). The average molecular weight is 592 g/mol. The maximum atomic E-state index is 13.5. The summed E-state index contributed by atoms with van der Waals surface area (Å²) in [5, 5.41) is 2.06. The first-order valence-corrected chi connectivity index (χ1v) is 17.1. The van der Waals surface area contributed by atoms with Crippen LogP contribution in [0.3, 0.4) is 0 Å². The molecule has 1 saturated carbocycles. The molecule has 208 valence electrons. The number of benzene rings is 1. The van der Waals surface area contributed by atoms with Crippen molar-refractivity contribution in [1.82, 2.24) is 24.2 Å². The van der Waals surface area contributed by atoms with E-state index in [2.05, 4.69) is 15.3 Å². The lowest BCUT2D eigenvalue weighted by Crippen LogP contribution is -2.42. The van der Waals surface area contributed by atoms with Crippen molar-refractivity contribution in [2.24, 2.45) is 5.92 Å². The van der Waals surface area contributed by atoms with Crippen LogP contribution in [0.2, 0.25) is 0 Å². The zero-order chi connectivity index (χ0) is 27.8. The third-order valence-corrected chi connectivity index (χ3v) is 11.6. The Kier molecular flexibility index (Phi) is 7.82. The van der Waals surface area contributed by atoms with Crippen molar-refractivity contribution in [3.05, 3.63) is 65.0 Å². The number of sulfonamides is 1. The first-order valence-electron chi connectivity index (χ1n) is 12.5. The summed E-state index contributed by atoms with van der Waals surface area (Å²) in [5.41, 5.74) is -0.386. The summed E-state index contributed by atoms with van der Waals surface area (Å²) in [5.74, 6) is -1.10. The lowest BCUT2D eigenvalue weighted by Gasteiger charge is -2.31. The van der Waals surface area contributed by atoms with Crippen LogP contribution in [-0.4, -0.2) is 71.6 Å². The number of rotatable bonds is 8. The number of carbonyl (C=O) groups excluding carboxylic acids is 1. The summed E-state index contributed by atoms with van der Waals surface area (Å²) < 4.78 is 54.1. The van der Waals surface area contributed by atoms with Gasteiger partial charge in [0.25, 0.3) is 11.5 Å². The van der Waals surface area contributed by atoms with Crippen molar-refractivity contribution in [3.8, 4) is 0 Å². The highest BCUT2D eigenvalue weighted by Crippen LogP contribution is 2.40. The van der Waals surface area contributed by atoms with Crippen LogP contribution in [0.15, 0.2) is 58.6 Å². The lowest BCUT2D eigenvalue weighted by atomic mass is 9.85. The Balaban J connectivity index is 1.36. The molecule has 5 rings (SSSR count). The molecule has 2 fully saturated rings. The lowest BCUT2D eigenvalue weighted by molar-refractivity contribution is 0.0956. The molecule has 0 bridgehead atoms. The first kappa shape index (κ1) is 27.7. The van der Waals surface area contributed by atoms with E-state index in [9.17, 15) is 26.4 Å². The summed E-state index contributed by atoms with van der Waals surface area (Å²) >= 11 is 1.43. The molecule has 2 aliphatic rings. The number of hydrogen-bond acceptors (Lipinski definition) is 9. The number of nitrogens with one attached hydrogen (secondary N) is 1. The second-order valence-corrected chi connectivity index (χ2v) is 15.1. The number of nitrogens with zero attached hydrogens (tertiary/aromatic N) is 4. The first-order chi connectivity index (χ1) is 18.5. The van der Waals surface area contributed by atoms with E-state index in [4.69, 9.17) is 0 Å². The van der Waals surface area contributed by atoms with Gasteiger partial charge in [-0.1, -0.05) is 31.0 Å². The van der Waals surface area contributed by atoms with Gasteiger partial charge in [-0.3, -0.25) is 14.2 Å². The zero-order valence-corrected chi connectivity index (χ0v) is 23.7. The third-order valence-electron chi connectivity index (χ3n) is 7.36. The fourth-order valence-corrected chi connectivity index (χ4v) is 9.42.